The Morgan fingerprint density at radius 1 is 1.36 bits per heavy atom. The van der Waals surface area contributed by atoms with Crippen LogP contribution in [0.3, 0.4) is 0 Å². The molecule has 2 saturated heterocycles. The van der Waals surface area contributed by atoms with Crippen LogP contribution in [-0.4, -0.2) is 66.9 Å². The summed E-state index contributed by atoms with van der Waals surface area (Å²) in [7, 11) is -2.03. The lowest BCUT2D eigenvalue weighted by atomic mass is 9.81. The molecule has 1 aromatic heterocycles. The van der Waals surface area contributed by atoms with E-state index in [-0.39, 0.29) is 35.0 Å². The fraction of sp³-hybridized carbons (Fsp3) is 0.467. The van der Waals surface area contributed by atoms with Crippen molar-refractivity contribution in [2.24, 2.45) is 11.3 Å². The number of aliphatic carboxylic acids is 1. The van der Waals surface area contributed by atoms with Crippen LogP contribution in [0.25, 0.3) is 11.1 Å². The number of fused-ring (bicyclic) bond motifs is 2. The van der Waals surface area contributed by atoms with E-state index >= 15 is 0 Å². The van der Waals surface area contributed by atoms with Crippen molar-refractivity contribution in [2.45, 2.75) is 4.90 Å². The average Bonchev–Trinajstić information content (AvgIpc) is 3.15. The predicted molar refractivity (Wildman–Crippen MR) is 86.6 cm³/mol. The molecule has 0 spiro atoms. The first-order valence-electron chi connectivity index (χ1n) is 7.77. The van der Waals surface area contributed by atoms with Gasteiger partial charge in [-0.25, -0.2) is 13.2 Å². The first-order chi connectivity index (χ1) is 11.7. The SMILES string of the molecule is CN1C[C@H]2CN(S(=O)(=O)c3ccc4oc(=O)[nH]c4c3)C[C@@]2(C(=O)O)C1. The van der Waals surface area contributed by atoms with E-state index in [0.717, 1.165) is 0 Å². The standard InChI is InChI=1S/C15H17N3O6S/c1-17-5-9-6-18(8-15(9,7-17)13(19)20)25(22,23)10-2-3-12-11(4-10)16-14(21)24-12/h2-4,9H,5-8H2,1H3,(H,16,21)(H,19,20)/t9-,15-/m0/s1. The molecule has 0 saturated carbocycles. The van der Waals surface area contributed by atoms with Gasteiger partial charge in [0.15, 0.2) is 5.58 Å². The molecule has 0 amide bonds. The van der Waals surface area contributed by atoms with Gasteiger partial charge < -0.3 is 14.4 Å². The highest BCUT2D eigenvalue weighted by molar-refractivity contribution is 7.89. The normalized spacial score (nSPS) is 27.8. The van der Waals surface area contributed by atoms with E-state index in [2.05, 4.69) is 4.98 Å². The third kappa shape index (κ3) is 2.32. The van der Waals surface area contributed by atoms with Gasteiger partial charge >= 0.3 is 11.7 Å². The second-order valence-corrected chi connectivity index (χ2v) is 8.76. The van der Waals surface area contributed by atoms with Crippen LogP contribution in [0.2, 0.25) is 0 Å². The minimum Gasteiger partial charge on any atom is -0.481 e. The second-order valence-electron chi connectivity index (χ2n) is 6.83. The summed E-state index contributed by atoms with van der Waals surface area (Å²) in [5, 5.41) is 9.69. The number of H-pyrrole nitrogens is 1. The number of carbonyl (C=O) groups is 1. The molecule has 9 nitrogen and oxygen atoms in total. The van der Waals surface area contributed by atoms with E-state index in [1.54, 1.807) is 0 Å². The molecule has 4 rings (SSSR count). The number of aromatic nitrogens is 1. The van der Waals surface area contributed by atoms with Crippen molar-refractivity contribution >= 4 is 27.1 Å². The topological polar surface area (TPSA) is 124 Å². The number of carboxylic acid groups (broad SMARTS) is 1. The summed E-state index contributed by atoms with van der Waals surface area (Å²) < 4.78 is 32.0. The van der Waals surface area contributed by atoms with Gasteiger partial charge in [-0.05, 0) is 25.2 Å². The summed E-state index contributed by atoms with van der Waals surface area (Å²) in [5.74, 6) is -1.87. The van der Waals surface area contributed by atoms with Crippen LogP contribution in [0.15, 0.2) is 32.3 Å². The minimum absolute atomic E-state index is 0.00548. The maximum atomic E-state index is 13.0. The molecule has 10 heteroatoms. The Morgan fingerprint density at radius 3 is 2.80 bits per heavy atom. The maximum absolute atomic E-state index is 13.0. The van der Waals surface area contributed by atoms with Gasteiger partial charge in [0, 0.05) is 32.1 Å². The Kier molecular flexibility index (Phi) is 3.37. The molecule has 3 heterocycles. The Hall–Kier alpha value is -2.17. The third-order valence-corrected chi connectivity index (χ3v) is 7.01. The van der Waals surface area contributed by atoms with E-state index < -0.39 is 27.2 Å². The molecule has 2 aliphatic rings. The van der Waals surface area contributed by atoms with Gasteiger partial charge in [0.25, 0.3) is 0 Å². The Morgan fingerprint density at radius 2 is 2.12 bits per heavy atom. The first kappa shape index (κ1) is 16.3. The van der Waals surface area contributed by atoms with Crippen LogP contribution in [0.1, 0.15) is 0 Å². The molecule has 25 heavy (non-hydrogen) atoms. The van der Waals surface area contributed by atoms with Crippen LogP contribution < -0.4 is 5.76 Å². The van der Waals surface area contributed by atoms with Crippen molar-refractivity contribution in [1.82, 2.24) is 14.2 Å². The van der Waals surface area contributed by atoms with Crippen molar-refractivity contribution in [3.63, 3.8) is 0 Å². The zero-order valence-electron chi connectivity index (χ0n) is 13.4. The fourth-order valence-corrected chi connectivity index (χ4v) is 5.58. The van der Waals surface area contributed by atoms with Gasteiger partial charge in [-0.15, -0.1) is 0 Å². The number of hydrogen-bond donors (Lipinski definition) is 2. The van der Waals surface area contributed by atoms with Crippen molar-refractivity contribution in [2.75, 3.05) is 33.2 Å². The Bertz CT molecular complexity index is 1030. The molecule has 134 valence electrons. The highest BCUT2D eigenvalue weighted by Crippen LogP contribution is 2.44. The quantitative estimate of drug-likeness (QED) is 0.767. The molecule has 2 N–H and O–H groups in total. The summed E-state index contributed by atoms with van der Waals surface area (Å²) in [4.78, 5) is 27.4. The van der Waals surface area contributed by atoms with Crippen LogP contribution in [0.5, 0.6) is 0 Å². The predicted octanol–water partition coefficient (Wildman–Crippen LogP) is -0.242. The molecule has 2 aliphatic heterocycles. The summed E-state index contributed by atoms with van der Waals surface area (Å²) in [5.41, 5.74) is -0.514. The van der Waals surface area contributed by atoms with Crippen molar-refractivity contribution in [3.05, 3.63) is 28.7 Å². The molecule has 0 aliphatic carbocycles. The average molecular weight is 367 g/mol. The lowest BCUT2D eigenvalue weighted by Gasteiger charge is -2.24. The molecule has 2 atom stereocenters. The van der Waals surface area contributed by atoms with E-state index in [4.69, 9.17) is 4.42 Å². The summed E-state index contributed by atoms with van der Waals surface area (Å²) in [6, 6.07) is 4.11. The first-order valence-corrected chi connectivity index (χ1v) is 9.21. The number of aromatic amines is 1. The maximum Gasteiger partial charge on any atom is 0.417 e. The second kappa shape index (κ2) is 5.16. The minimum atomic E-state index is -3.86. The number of rotatable bonds is 3. The lowest BCUT2D eigenvalue weighted by molar-refractivity contribution is -0.148. The van der Waals surface area contributed by atoms with E-state index in [9.17, 15) is 23.1 Å². The summed E-state index contributed by atoms with van der Waals surface area (Å²) in [6.45, 7) is 0.984. The number of oxazole rings is 1. The van der Waals surface area contributed by atoms with E-state index in [1.165, 1.54) is 22.5 Å². The van der Waals surface area contributed by atoms with E-state index in [0.29, 0.717) is 13.1 Å². The number of hydrogen-bond acceptors (Lipinski definition) is 6. The monoisotopic (exact) mass is 367 g/mol. The lowest BCUT2D eigenvalue weighted by Crippen LogP contribution is -2.41. The van der Waals surface area contributed by atoms with Crippen molar-refractivity contribution < 1.29 is 22.7 Å². The van der Waals surface area contributed by atoms with Gasteiger partial charge in [0.1, 0.15) is 0 Å². The molecule has 2 aromatic rings. The van der Waals surface area contributed by atoms with Crippen LogP contribution >= 0.6 is 0 Å². The largest absolute Gasteiger partial charge is 0.481 e. The van der Waals surface area contributed by atoms with Gasteiger partial charge in [0.2, 0.25) is 10.0 Å². The van der Waals surface area contributed by atoms with Crippen molar-refractivity contribution in [1.29, 1.82) is 0 Å². The molecular formula is C15H17N3O6S. The molecule has 0 radical (unpaired) electrons. The summed E-state index contributed by atoms with van der Waals surface area (Å²) in [6.07, 6.45) is 0. The van der Waals surface area contributed by atoms with Gasteiger partial charge in [-0.3, -0.25) is 9.78 Å². The number of sulfonamides is 1. The molecule has 0 unspecified atom stereocenters. The fourth-order valence-electron chi connectivity index (χ4n) is 4.00. The Labute approximate surface area is 142 Å². The van der Waals surface area contributed by atoms with E-state index in [1.807, 2.05) is 11.9 Å². The number of likely N-dealkylation sites (tertiary alicyclic amines) is 1. The number of nitrogens with zero attached hydrogens (tertiary/aromatic N) is 2. The number of carboxylic acids is 1. The molecule has 2 fully saturated rings. The number of nitrogens with one attached hydrogen (secondary N) is 1. The van der Waals surface area contributed by atoms with Gasteiger partial charge in [-0.2, -0.15) is 4.31 Å². The smallest absolute Gasteiger partial charge is 0.417 e. The molecule has 1 aromatic carbocycles. The number of benzene rings is 1. The highest BCUT2D eigenvalue weighted by atomic mass is 32.2. The van der Waals surface area contributed by atoms with Gasteiger partial charge in [-0.1, -0.05) is 0 Å². The molecule has 0 bridgehead atoms. The zero-order valence-corrected chi connectivity index (χ0v) is 14.2. The van der Waals surface area contributed by atoms with Crippen molar-refractivity contribution in [3.8, 4) is 0 Å². The summed E-state index contributed by atoms with van der Waals surface area (Å²) >= 11 is 0. The van der Waals surface area contributed by atoms with Crippen LogP contribution in [0.4, 0.5) is 0 Å². The zero-order chi connectivity index (χ0) is 18.0. The van der Waals surface area contributed by atoms with Crippen LogP contribution in [-0.2, 0) is 14.8 Å². The highest BCUT2D eigenvalue weighted by Gasteiger charge is 2.59. The Balaban J connectivity index is 1.71. The third-order valence-electron chi connectivity index (χ3n) is 5.20. The van der Waals surface area contributed by atoms with Gasteiger partial charge in [0.05, 0.1) is 15.8 Å². The molecular weight excluding hydrogens is 350 g/mol. The van der Waals surface area contributed by atoms with Crippen LogP contribution in [0, 0.1) is 11.3 Å².